The maximum atomic E-state index is 12.1. The van der Waals surface area contributed by atoms with Gasteiger partial charge in [-0.25, -0.2) is 4.79 Å². The zero-order valence-electron chi connectivity index (χ0n) is 12.6. The number of aryl methyl sites for hydroxylation is 1. The van der Waals surface area contributed by atoms with Gasteiger partial charge in [0.15, 0.2) is 0 Å². The van der Waals surface area contributed by atoms with Gasteiger partial charge in [0, 0.05) is 21.7 Å². The Morgan fingerprint density at radius 3 is 2.91 bits per heavy atom. The second kappa shape index (κ2) is 6.83. The van der Waals surface area contributed by atoms with Crippen molar-refractivity contribution in [3.63, 3.8) is 0 Å². The molecule has 0 fully saturated rings. The molecule has 22 heavy (non-hydrogen) atoms. The number of amides is 2. The molecule has 0 radical (unpaired) electrons. The summed E-state index contributed by atoms with van der Waals surface area (Å²) in [7, 11) is 0. The van der Waals surface area contributed by atoms with Crippen molar-refractivity contribution in [1.29, 1.82) is 0 Å². The van der Waals surface area contributed by atoms with Crippen molar-refractivity contribution in [2.75, 3.05) is 6.61 Å². The maximum absolute atomic E-state index is 12.1. The van der Waals surface area contributed by atoms with Gasteiger partial charge >= 0.3 is 6.03 Å². The summed E-state index contributed by atoms with van der Waals surface area (Å²) in [5.41, 5.74) is 1.05. The molecule has 1 unspecified atom stereocenters. The number of hydrogen-bond acceptors (Lipinski definition) is 3. The van der Waals surface area contributed by atoms with E-state index in [1.54, 1.807) is 11.3 Å². The summed E-state index contributed by atoms with van der Waals surface area (Å²) in [5.74, 6) is 0.866. The van der Waals surface area contributed by atoms with Gasteiger partial charge in [0.1, 0.15) is 5.75 Å². The highest BCUT2D eigenvalue weighted by atomic mass is 32.1. The highest BCUT2D eigenvalue weighted by Crippen LogP contribution is 2.31. The SMILES string of the molecule is CCc1ccc(CNC(=O)NC2CCOc3ccccc32)s1. The quantitative estimate of drug-likeness (QED) is 0.905. The average molecular weight is 316 g/mol. The van der Waals surface area contributed by atoms with E-state index in [1.165, 1.54) is 9.75 Å². The van der Waals surface area contributed by atoms with E-state index in [1.807, 2.05) is 24.3 Å². The minimum Gasteiger partial charge on any atom is -0.493 e. The molecule has 4 nitrogen and oxygen atoms in total. The largest absolute Gasteiger partial charge is 0.493 e. The number of urea groups is 1. The second-order valence-corrected chi connectivity index (χ2v) is 6.53. The molecular formula is C17H20N2O2S. The second-order valence-electron chi connectivity index (χ2n) is 5.28. The lowest BCUT2D eigenvalue weighted by Crippen LogP contribution is -2.39. The summed E-state index contributed by atoms with van der Waals surface area (Å²) in [4.78, 5) is 14.6. The number of benzene rings is 1. The van der Waals surface area contributed by atoms with Gasteiger partial charge in [0.25, 0.3) is 0 Å². The van der Waals surface area contributed by atoms with E-state index in [0.717, 1.165) is 24.2 Å². The van der Waals surface area contributed by atoms with E-state index >= 15 is 0 Å². The van der Waals surface area contributed by atoms with Gasteiger partial charge in [-0.15, -0.1) is 11.3 Å². The molecule has 1 aromatic carbocycles. The third kappa shape index (κ3) is 3.42. The van der Waals surface area contributed by atoms with Crippen LogP contribution in [0.1, 0.15) is 34.7 Å². The third-order valence-corrected chi connectivity index (χ3v) is 4.98. The molecule has 0 aliphatic carbocycles. The Morgan fingerprint density at radius 1 is 1.27 bits per heavy atom. The van der Waals surface area contributed by atoms with Crippen molar-refractivity contribution in [3.8, 4) is 5.75 Å². The van der Waals surface area contributed by atoms with Gasteiger partial charge in [0.05, 0.1) is 19.2 Å². The lowest BCUT2D eigenvalue weighted by Gasteiger charge is -2.26. The molecule has 0 saturated carbocycles. The maximum Gasteiger partial charge on any atom is 0.315 e. The smallest absolute Gasteiger partial charge is 0.315 e. The Kier molecular flexibility index (Phi) is 4.63. The summed E-state index contributed by atoms with van der Waals surface area (Å²) >= 11 is 1.75. The van der Waals surface area contributed by atoms with Crippen molar-refractivity contribution in [3.05, 3.63) is 51.7 Å². The molecule has 1 aliphatic rings. The van der Waals surface area contributed by atoms with Crippen LogP contribution in [-0.2, 0) is 13.0 Å². The number of rotatable bonds is 4. The Labute approximate surface area is 134 Å². The average Bonchev–Trinajstić information content (AvgIpc) is 3.01. The summed E-state index contributed by atoms with van der Waals surface area (Å²) < 4.78 is 5.61. The van der Waals surface area contributed by atoms with Crippen LogP contribution >= 0.6 is 11.3 Å². The van der Waals surface area contributed by atoms with Gasteiger partial charge in [-0.05, 0) is 24.6 Å². The number of para-hydroxylation sites is 1. The molecule has 0 spiro atoms. The Balaban J connectivity index is 1.56. The van der Waals surface area contributed by atoms with Gasteiger partial charge in [-0.2, -0.15) is 0 Å². The van der Waals surface area contributed by atoms with Crippen molar-refractivity contribution in [2.45, 2.75) is 32.4 Å². The van der Waals surface area contributed by atoms with Gasteiger partial charge in [-0.1, -0.05) is 25.1 Å². The van der Waals surface area contributed by atoms with Crippen LogP contribution in [0, 0.1) is 0 Å². The number of carbonyl (C=O) groups is 1. The van der Waals surface area contributed by atoms with Crippen molar-refractivity contribution < 1.29 is 9.53 Å². The van der Waals surface area contributed by atoms with Crippen LogP contribution < -0.4 is 15.4 Å². The number of carbonyl (C=O) groups excluding carboxylic acids is 1. The molecule has 0 bridgehead atoms. The predicted octanol–water partition coefficient (Wildman–Crippen LogP) is 3.63. The zero-order valence-corrected chi connectivity index (χ0v) is 13.4. The van der Waals surface area contributed by atoms with E-state index in [4.69, 9.17) is 4.74 Å². The van der Waals surface area contributed by atoms with Crippen molar-refractivity contribution in [2.24, 2.45) is 0 Å². The first-order valence-electron chi connectivity index (χ1n) is 7.60. The number of thiophene rings is 1. The van der Waals surface area contributed by atoms with E-state index in [0.29, 0.717) is 13.2 Å². The Hall–Kier alpha value is -2.01. The summed E-state index contributed by atoms with van der Waals surface area (Å²) in [5, 5.41) is 5.97. The van der Waals surface area contributed by atoms with E-state index in [9.17, 15) is 4.79 Å². The molecule has 0 saturated heterocycles. The molecule has 1 atom stereocenters. The van der Waals surface area contributed by atoms with E-state index in [-0.39, 0.29) is 12.1 Å². The van der Waals surface area contributed by atoms with E-state index < -0.39 is 0 Å². The van der Waals surface area contributed by atoms with Crippen LogP contribution in [0.25, 0.3) is 0 Å². The lowest BCUT2D eigenvalue weighted by molar-refractivity contribution is 0.223. The number of hydrogen-bond donors (Lipinski definition) is 2. The first-order valence-corrected chi connectivity index (χ1v) is 8.41. The lowest BCUT2D eigenvalue weighted by atomic mass is 10.0. The molecule has 2 N–H and O–H groups in total. The Bertz CT molecular complexity index is 654. The molecule has 5 heteroatoms. The van der Waals surface area contributed by atoms with Crippen molar-refractivity contribution in [1.82, 2.24) is 10.6 Å². The van der Waals surface area contributed by atoms with Crippen LogP contribution in [0.2, 0.25) is 0 Å². The first kappa shape index (κ1) is 14.9. The number of fused-ring (bicyclic) bond motifs is 1. The summed E-state index contributed by atoms with van der Waals surface area (Å²) in [6.45, 7) is 3.34. The molecule has 2 aromatic rings. The van der Waals surface area contributed by atoms with Crippen molar-refractivity contribution >= 4 is 17.4 Å². The first-order chi connectivity index (χ1) is 10.8. The fourth-order valence-corrected chi connectivity index (χ4v) is 3.47. The monoisotopic (exact) mass is 316 g/mol. The van der Waals surface area contributed by atoms with E-state index in [2.05, 4.69) is 29.7 Å². The van der Waals surface area contributed by atoms with Gasteiger partial charge in [-0.3, -0.25) is 0 Å². The zero-order chi connectivity index (χ0) is 15.4. The number of ether oxygens (including phenoxy) is 1. The van der Waals surface area contributed by atoms with Crippen LogP contribution in [-0.4, -0.2) is 12.6 Å². The normalized spacial score (nSPS) is 16.5. The molecule has 3 rings (SSSR count). The Morgan fingerprint density at radius 2 is 2.09 bits per heavy atom. The van der Waals surface area contributed by atoms with Crippen LogP contribution in [0.3, 0.4) is 0 Å². The molecule has 1 aliphatic heterocycles. The topological polar surface area (TPSA) is 50.4 Å². The van der Waals surface area contributed by atoms with Crippen LogP contribution in [0.4, 0.5) is 4.79 Å². The third-order valence-electron chi connectivity index (χ3n) is 3.75. The highest BCUT2D eigenvalue weighted by molar-refractivity contribution is 7.11. The number of nitrogens with one attached hydrogen (secondary N) is 2. The molecule has 2 amide bonds. The fourth-order valence-electron chi connectivity index (χ4n) is 2.58. The summed E-state index contributed by atoms with van der Waals surface area (Å²) in [6, 6.07) is 11.9. The van der Waals surface area contributed by atoms with Crippen LogP contribution in [0.5, 0.6) is 5.75 Å². The standard InChI is InChI=1S/C17H20N2O2S/c1-2-12-7-8-13(22-12)11-18-17(20)19-15-9-10-21-16-6-4-3-5-14(15)16/h3-8,15H,2,9-11H2,1H3,(H2,18,19,20). The fraction of sp³-hybridized carbons (Fsp3) is 0.353. The molecule has 1 aromatic heterocycles. The predicted molar refractivity (Wildman–Crippen MR) is 88.4 cm³/mol. The summed E-state index contributed by atoms with van der Waals surface area (Å²) in [6.07, 6.45) is 1.83. The minimum absolute atomic E-state index is 0.0134. The minimum atomic E-state index is -0.131. The van der Waals surface area contributed by atoms with Gasteiger partial charge in [0.2, 0.25) is 0 Å². The highest BCUT2D eigenvalue weighted by Gasteiger charge is 2.22. The molecule has 116 valence electrons. The van der Waals surface area contributed by atoms with Gasteiger partial charge < -0.3 is 15.4 Å². The molecular weight excluding hydrogens is 296 g/mol. The molecule has 2 heterocycles. The van der Waals surface area contributed by atoms with Crippen LogP contribution in [0.15, 0.2) is 36.4 Å².